The van der Waals surface area contributed by atoms with Gasteiger partial charge in [-0.1, -0.05) is 24.3 Å². The van der Waals surface area contributed by atoms with Crippen molar-refractivity contribution in [2.24, 2.45) is 0 Å². The summed E-state index contributed by atoms with van der Waals surface area (Å²) in [6, 6.07) is 14.3. The Hall–Kier alpha value is -3.15. The van der Waals surface area contributed by atoms with E-state index in [1.165, 1.54) is 13.0 Å². The Morgan fingerprint density at radius 1 is 1.15 bits per heavy atom. The van der Waals surface area contributed by atoms with Crippen LogP contribution in [-0.4, -0.2) is 30.4 Å². The highest BCUT2D eigenvalue weighted by Crippen LogP contribution is 2.30. The Kier molecular flexibility index (Phi) is 5.54. The van der Waals surface area contributed by atoms with Crippen LogP contribution in [0.5, 0.6) is 0 Å². The highest BCUT2D eigenvalue weighted by molar-refractivity contribution is 5.99. The van der Waals surface area contributed by atoms with Gasteiger partial charge in [0.1, 0.15) is 0 Å². The molecule has 0 fully saturated rings. The third kappa shape index (κ3) is 4.34. The topological polar surface area (TPSA) is 75.7 Å². The zero-order valence-electron chi connectivity index (χ0n) is 15.4. The molecule has 1 heterocycles. The van der Waals surface area contributed by atoms with E-state index in [0.717, 1.165) is 24.1 Å². The Morgan fingerprint density at radius 2 is 1.93 bits per heavy atom. The molecule has 0 saturated heterocycles. The number of anilines is 2. The normalized spacial score (nSPS) is 15.6. The summed E-state index contributed by atoms with van der Waals surface area (Å²) >= 11 is 0. The van der Waals surface area contributed by atoms with Crippen molar-refractivity contribution in [1.82, 2.24) is 0 Å². The molecule has 6 nitrogen and oxygen atoms in total. The summed E-state index contributed by atoms with van der Waals surface area (Å²) in [6.45, 7) is 3.05. The van der Waals surface area contributed by atoms with Crippen LogP contribution in [0.1, 0.15) is 36.2 Å². The van der Waals surface area contributed by atoms with Crippen LogP contribution >= 0.6 is 0 Å². The fourth-order valence-corrected chi connectivity index (χ4v) is 3.28. The van der Waals surface area contributed by atoms with Crippen molar-refractivity contribution in [3.8, 4) is 0 Å². The van der Waals surface area contributed by atoms with Gasteiger partial charge in [-0.05, 0) is 49.6 Å². The third-order valence-electron chi connectivity index (χ3n) is 4.54. The van der Waals surface area contributed by atoms with Crippen molar-refractivity contribution in [3.63, 3.8) is 0 Å². The lowest BCUT2D eigenvalue weighted by molar-refractivity contribution is -0.122. The van der Waals surface area contributed by atoms with Crippen molar-refractivity contribution >= 4 is 29.2 Å². The SMILES string of the molecule is CC(=O)Nc1cccc(C(=O)OCC(=O)N2c3ccccc3CC[C@@H]2C)c1. The molecule has 0 saturated carbocycles. The molecule has 0 spiro atoms. The summed E-state index contributed by atoms with van der Waals surface area (Å²) in [4.78, 5) is 37.8. The van der Waals surface area contributed by atoms with E-state index >= 15 is 0 Å². The lowest BCUT2D eigenvalue weighted by atomic mass is 9.96. The molecular formula is C21H22N2O4. The molecule has 0 radical (unpaired) electrons. The minimum Gasteiger partial charge on any atom is -0.452 e. The minimum absolute atomic E-state index is 0.0502. The number of benzene rings is 2. The summed E-state index contributed by atoms with van der Waals surface area (Å²) in [7, 11) is 0. The number of amides is 2. The summed E-state index contributed by atoms with van der Waals surface area (Å²) in [5.41, 5.74) is 2.78. The van der Waals surface area contributed by atoms with Gasteiger partial charge in [0.2, 0.25) is 5.91 Å². The average Bonchev–Trinajstić information content (AvgIpc) is 2.65. The summed E-state index contributed by atoms with van der Waals surface area (Å²) < 4.78 is 5.22. The first-order chi connectivity index (χ1) is 13.0. The smallest absolute Gasteiger partial charge is 0.338 e. The first kappa shape index (κ1) is 18.6. The molecule has 2 aromatic carbocycles. The molecule has 1 N–H and O–H groups in total. The number of carbonyl (C=O) groups excluding carboxylic acids is 3. The zero-order valence-corrected chi connectivity index (χ0v) is 15.4. The molecule has 0 unspecified atom stereocenters. The van der Waals surface area contributed by atoms with E-state index in [2.05, 4.69) is 5.32 Å². The molecule has 0 aliphatic carbocycles. The fraction of sp³-hybridized carbons (Fsp3) is 0.286. The summed E-state index contributed by atoms with van der Waals surface area (Å²) in [6.07, 6.45) is 1.80. The molecule has 1 aliphatic rings. The molecule has 140 valence electrons. The second-order valence-electron chi connectivity index (χ2n) is 6.62. The predicted octanol–water partition coefficient (Wildman–Crippen LogP) is 3.17. The van der Waals surface area contributed by atoms with Gasteiger partial charge in [-0.25, -0.2) is 4.79 Å². The van der Waals surface area contributed by atoms with Crippen LogP contribution in [0.2, 0.25) is 0 Å². The third-order valence-corrected chi connectivity index (χ3v) is 4.54. The maximum Gasteiger partial charge on any atom is 0.338 e. The maximum absolute atomic E-state index is 12.7. The van der Waals surface area contributed by atoms with Crippen molar-refractivity contribution < 1.29 is 19.1 Å². The van der Waals surface area contributed by atoms with Gasteiger partial charge < -0.3 is 15.0 Å². The molecular weight excluding hydrogens is 344 g/mol. The molecule has 1 aliphatic heterocycles. The number of carbonyl (C=O) groups is 3. The second-order valence-corrected chi connectivity index (χ2v) is 6.62. The number of nitrogens with one attached hydrogen (secondary N) is 1. The van der Waals surface area contributed by atoms with E-state index < -0.39 is 5.97 Å². The second kappa shape index (κ2) is 8.03. The lowest BCUT2D eigenvalue weighted by Crippen LogP contribution is -2.44. The number of fused-ring (bicyclic) bond motifs is 1. The van der Waals surface area contributed by atoms with Gasteiger partial charge in [0.15, 0.2) is 6.61 Å². The number of esters is 1. The maximum atomic E-state index is 12.7. The van der Waals surface area contributed by atoms with Gasteiger partial charge in [-0.15, -0.1) is 0 Å². The van der Waals surface area contributed by atoms with Gasteiger partial charge >= 0.3 is 5.97 Å². The van der Waals surface area contributed by atoms with E-state index in [1.54, 1.807) is 23.1 Å². The number of aryl methyl sites for hydroxylation is 1. The largest absolute Gasteiger partial charge is 0.452 e. The highest BCUT2D eigenvalue weighted by Gasteiger charge is 2.28. The van der Waals surface area contributed by atoms with Crippen LogP contribution in [0.3, 0.4) is 0 Å². The summed E-state index contributed by atoms with van der Waals surface area (Å²) in [5, 5.41) is 2.61. The van der Waals surface area contributed by atoms with Crippen LogP contribution in [0.4, 0.5) is 11.4 Å². The molecule has 3 rings (SSSR count). The van der Waals surface area contributed by atoms with Gasteiger partial charge in [0.25, 0.3) is 5.91 Å². The number of para-hydroxylation sites is 1. The van der Waals surface area contributed by atoms with Gasteiger partial charge in [0.05, 0.1) is 5.56 Å². The highest BCUT2D eigenvalue weighted by atomic mass is 16.5. The Labute approximate surface area is 158 Å². The quantitative estimate of drug-likeness (QED) is 0.844. The van der Waals surface area contributed by atoms with Crippen LogP contribution in [-0.2, 0) is 20.7 Å². The van der Waals surface area contributed by atoms with E-state index in [9.17, 15) is 14.4 Å². The van der Waals surface area contributed by atoms with Gasteiger partial charge in [0, 0.05) is 24.3 Å². The molecule has 27 heavy (non-hydrogen) atoms. The van der Waals surface area contributed by atoms with Crippen molar-refractivity contribution in [2.45, 2.75) is 32.7 Å². The van der Waals surface area contributed by atoms with Crippen LogP contribution in [0.25, 0.3) is 0 Å². The number of ether oxygens (including phenoxy) is 1. The number of hydrogen-bond acceptors (Lipinski definition) is 4. The molecule has 1 atom stereocenters. The van der Waals surface area contributed by atoms with Gasteiger partial charge in [-0.2, -0.15) is 0 Å². The van der Waals surface area contributed by atoms with Crippen molar-refractivity contribution in [3.05, 3.63) is 59.7 Å². The molecule has 0 bridgehead atoms. The van der Waals surface area contributed by atoms with Crippen LogP contribution in [0.15, 0.2) is 48.5 Å². The minimum atomic E-state index is -0.603. The van der Waals surface area contributed by atoms with Crippen molar-refractivity contribution in [1.29, 1.82) is 0 Å². The zero-order chi connectivity index (χ0) is 19.4. The Morgan fingerprint density at radius 3 is 2.70 bits per heavy atom. The van der Waals surface area contributed by atoms with Crippen LogP contribution in [0, 0.1) is 0 Å². The molecule has 0 aromatic heterocycles. The fourth-order valence-electron chi connectivity index (χ4n) is 3.28. The molecule has 2 amide bonds. The Balaban J connectivity index is 1.67. The number of rotatable bonds is 4. The number of hydrogen-bond donors (Lipinski definition) is 1. The van der Waals surface area contributed by atoms with Gasteiger partial charge in [-0.3, -0.25) is 9.59 Å². The monoisotopic (exact) mass is 366 g/mol. The molecule has 6 heteroatoms. The molecule has 2 aromatic rings. The van der Waals surface area contributed by atoms with E-state index in [4.69, 9.17) is 4.74 Å². The van der Waals surface area contributed by atoms with E-state index in [1.807, 2.05) is 31.2 Å². The van der Waals surface area contributed by atoms with Crippen LogP contribution < -0.4 is 10.2 Å². The van der Waals surface area contributed by atoms with E-state index in [-0.39, 0.29) is 30.0 Å². The summed E-state index contributed by atoms with van der Waals surface area (Å²) in [5.74, 6) is -1.08. The first-order valence-electron chi connectivity index (χ1n) is 8.90. The number of nitrogens with zero attached hydrogens (tertiary/aromatic N) is 1. The van der Waals surface area contributed by atoms with Crippen molar-refractivity contribution in [2.75, 3.05) is 16.8 Å². The lowest BCUT2D eigenvalue weighted by Gasteiger charge is -2.35. The first-order valence-corrected chi connectivity index (χ1v) is 8.90. The van der Waals surface area contributed by atoms with E-state index in [0.29, 0.717) is 5.69 Å². The average molecular weight is 366 g/mol. The Bertz CT molecular complexity index is 878. The standard InChI is InChI=1S/C21H22N2O4/c1-14-10-11-16-6-3-4-9-19(16)23(14)20(25)13-27-21(26)17-7-5-8-18(12-17)22-15(2)24/h3-9,12,14H,10-11,13H2,1-2H3,(H,22,24)/t14-/m0/s1. The predicted molar refractivity (Wildman–Crippen MR) is 103 cm³/mol.